The Morgan fingerprint density at radius 2 is 2.36 bits per heavy atom. The van der Waals surface area contributed by atoms with Crippen LogP contribution in [0.4, 0.5) is 4.39 Å². The van der Waals surface area contributed by atoms with Crippen LogP contribution in [0.3, 0.4) is 0 Å². The van der Waals surface area contributed by atoms with E-state index in [2.05, 4.69) is 38.7 Å². The quantitative estimate of drug-likeness (QED) is 0.491. The van der Waals surface area contributed by atoms with Gasteiger partial charge in [-0.3, -0.25) is 5.43 Å². The summed E-state index contributed by atoms with van der Waals surface area (Å²) in [7, 11) is 0. The molecule has 3 N–H and O–H groups in total. The number of hydrogen-bond acceptors (Lipinski definition) is 2. The van der Waals surface area contributed by atoms with Crippen molar-refractivity contribution in [2.75, 3.05) is 0 Å². The third-order valence-electron chi connectivity index (χ3n) is 1.33. The van der Waals surface area contributed by atoms with Crippen LogP contribution in [0.25, 0.3) is 0 Å². The van der Waals surface area contributed by atoms with Crippen molar-refractivity contribution in [3.8, 4) is 0 Å². The van der Waals surface area contributed by atoms with Gasteiger partial charge >= 0.3 is 0 Å². The van der Waals surface area contributed by atoms with Crippen LogP contribution in [-0.4, -0.2) is 11.3 Å². The number of halogens is 2. The number of hydrazone groups is 1. The van der Waals surface area contributed by atoms with Crippen molar-refractivity contribution in [3.05, 3.63) is 34.1 Å². The molecule has 0 bridgehead atoms. The van der Waals surface area contributed by atoms with E-state index in [0.717, 1.165) is 0 Å². The normalized spacial score (nSPS) is 10.4. The third kappa shape index (κ3) is 3.39. The number of benzene rings is 1. The highest BCUT2D eigenvalue weighted by Crippen LogP contribution is 2.15. The van der Waals surface area contributed by atoms with Crippen LogP contribution in [0.15, 0.2) is 27.8 Å². The molecular weight excluding hydrogens is 269 g/mol. The smallest absolute Gasteiger partial charge is 0.184 e. The Balaban J connectivity index is 2.73. The number of nitrogens with one attached hydrogen (secondary N) is 1. The molecule has 14 heavy (non-hydrogen) atoms. The molecule has 0 aliphatic heterocycles. The summed E-state index contributed by atoms with van der Waals surface area (Å²) in [4.78, 5) is 0. The van der Waals surface area contributed by atoms with Crippen molar-refractivity contribution in [3.63, 3.8) is 0 Å². The van der Waals surface area contributed by atoms with Crippen LogP contribution in [-0.2, 0) is 0 Å². The van der Waals surface area contributed by atoms with Gasteiger partial charge in [0.1, 0.15) is 5.82 Å². The molecule has 0 fully saturated rings. The molecule has 0 aromatic heterocycles. The van der Waals surface area contributed by atoms with E-state index in [1.54, 1.807) is 12.1 Å². The van der Waals surface area contributed by atoms with Crippen molar-refractivity contribution in [2.45, 2.75) is 0 Å². The lowest BCUT2D eigenvalue weighted by atomic mass is 10.2. The van der Waals surface area contributed by atoms with Gasteiger partial charge in [-0.15, -0.1) is 0 Å². The van der Waals surface area contributed by atoms with Crippen LogP contribution >= 0.6 is 28.1 Å². The van der Waals surface area contributed by atoms with Crippen molar-refractivity contribution < 1.29 is 4.39 Å². The van der Waals surface area contributed by atoms with Gasteiger partial charge in [0.25, 0.3) is 0 Å². The van der Waals surface area contributed by atoms with E-state index in [4.69, 9.17) is 5.73 Å². The van der Waals surface area contributed by atoms with Crippen LogP contribution in [0.1, 0.15) is 5.56 Å². The predicted molar refractivity (Wildman–Crippen MR) is 61.6 cm³/mol. The van der Waals surface area contributed by atoms with E-state index < -0.39 is 0 Å². The highest BCUT2D eigenvalue weighted by molar-refractivity contribution is 9.10. The lowest BCUT2D eigenvalue weighted by Gasteiger charge is -1.97. The molecule has 0 aliphatic rings. The van der Waals surface area contributed by atoms with Gasteiger partial charge in [0.05, 0.1) is 10.7 Å². The number of thiocarbonyl (C=S) groups is 1. The molecule has 1 aromatic carbocycles. The Bertz CT molecular complexity index is 381. The fourth-order valence-electron chi connectivity index (χ4n) is 0.763. The number of nitrogens with zero attached hydrogens (tertiary/aromatic N) is 1. The molecule has 1 aromatic rings. The summed E-state index contributed by atoms with van der Waals surface area (Å²) in [5, 5.41) is 3.76. The summed E-state index contributed by atoms with van der Waals surface area (Å²) in [5.41, 5.74) is 8.13. The number of hydrogen-bond donors (Lipinski definition) is 2. The van der Waals surface area contributed by atoms with Gasteiger partial charge in [-0.2, -0.15) is 5.10 Å². The minimum Gasteiger partial charge on any atom is -0.375 e. The monoisotopic (exact) mass is 275 g/mol. The minimum atomic E-state index is -0.343. The van der Waals surface area contributed by atoms with E-state index in [9.17, 15) is 4.39 Å². The maximum atomic E-state index is 13.0. The molecule has 0 amide bonds. The maximum absolute atomic E-state index is 13.0. The summed E-state index contributed by atoms with van der Waals surface area (Å²) in [5.74, 6) is -0.343. The Hall–Kier alpha value is -1.01. The van der Waals surface area contributed by atoms with Crippen LogP contribution < -0.4 is 11.2 Å². The first-order valence-electron chi connectivity index (χ1n) is 3.63. The molecule has 0 unspecified atom stereocenters. The van der Waals surface area contributed by atoms with Gasteiger partial charge in [0, 0.05) is 0 Å². The molecule has 0 saturated carbocycles. The van der Waals surface area contributed by atoms with Gasteiger partial charge in [-0.05, 0) is 45.8 Å². The van der Waals surface area contributed by atoms with Crippen molar-refractivity contribution in [1.29, 1.82) is 0 Å². The standard InChI is InChI=1S/C8H7BrFN3S/c9-6-2-1-5(3-7(6)10)4-12-13-8(11)14/h1-4H,(H3,11,13,14). The van der Waals surface area contributed by atoms with Crippen molar-refractivity contribution in [2.24, 2.45) is 10.8 Å². The molecule has 0 spiro atoms. The fourth-order valence-corrected chi connectivity index (χ4v) is 1.06. The van der Waals surface area contributed by atoms with Gasteiger partial charge < -0.3 is 5.73 Å². The molecule has 0 atom stereocenters. The van der Waals surface area contributed by atoms with E-state index >= 15 is 0 Å². The summed E-state index contributed by atoms with van der Waals surface area (Å²) >= 11 is 7.57. The zero-order valence-electron chi connectivity index (χ0n) is 7.00. The van der Waals surface area contributed by atoms with Gasteiger partial charge in [-0.1, -0.05) is 6.07 Å². The first-order valence-corrected chi connectivity index (χ1v) is 4.83. The number of rotatable bonds is 2. The Morgan fingerprint density at radius 1 is 1.64 bits per heavy atom. The average Bonchev–Trinajstić information content (AvgIpc) is 2.10. The van der Waals surface area contributed by atoms with Crippen LogP contribution in [0, 0.1) is 5.82 Å². The first-order chi connectivity index (χ1) is 6.59. The zero-order valence-corrected chi connectivity index (χ0v) is 9.40. The van der Waals surface area contributed by atoms with E-state index in [0.29, 0.717) is 10.0 Å². The second kappa shape index (κ2) is 5.02. The molecular formula is C8H7BrFN3S. The van der Waals surface area contributed by atoms with Crippen molar-refractivity contribution >= 4 is 39.5 Å². The fraction of sp³-hybridized carbons (Fsp3) is 0. The SMILES string of the molecule is NC(=S)NN=Cc1ccc(Br)c(F)c1. The summed E-state index contributed by atoms with van der Waals surface area (Å²) < 4.78 is 13.4. The Morgan fingerprint density at radius 3 is 2.93 bits per heavy atom. The molecule has 74 valence electrons. The highest BCUT2D eigenvalue weighted by atomic mass is 79.9. The van der Waals surface area contributed by atoms with Crippen LogP contribution in [0.5, 0.6) is 0 Å². The second-order valence-corrected chi connectivity index (χ2v) is 3.70. The average molecular weight is 276 g/mol. The predicted octanol–water partition coefficient (Wildman–Crippen LogP) is 1.76. The van der Waals surface area contributed by atoms with Gasteiger partial charge in [-0.25, -0.2) is 4.39 Å². The van der Waals surface area contributed by atoms with Gasteiger partial charge in [0.15, 0.2) is 5.11 Å². The lowest BCUT2D eigenvalue weighted by Crippen LogP contribution is -2.23. The first kappa shape index (κ1) is 11.1. The van der Waals surface area contributed by atoms with E-state index in [-0.39, 0.29) is 10.9 Å². The molecule has 1 rings (SSSR count). The topological polar surface area (TPSA) is 50.4 Å². The maximum Gasteiger partial charge on any atom is 0.184 e. The summed E-state index contributed by atoms with van der Waals surface area (Å²) in [6.07, 6.45) is 1.43. The highest BCUT2D eigenvalue weighted by Gasteiger charge is 1.97. The Kier molecular flexibility index (Phi) is 3.97. The summed E-state index contributed by atoms with van der Waals surface area (Å²) in [6.45, 7) is 0. The molecule has 3 nitrogen and oxygen atoms in total. The largest absolute Gasteiger partial charge is 0.375 e. The zero-order chi connectivity index (χ0) is 10.6. The molecule has 0 aliphatic carbocycles. The van der Waals surface area contributed by atoms with E-state index in [1.807, 2.05) is 0 Å². The molecule has 0 radical (unpaired) electrons. The number of nitrogens with two attached hydrogens (primary N) is 1. The summed E-state index contributed by atoms with van der Waals surface area (Å²) in [6, 6.07) is 4.64. The molecule has 0 heterocycles. The minimum absolute atomic E-state index is 0.0684. The second-order valence-electron chi connectivity index (χ2n) is 2.41. The van der Waals surface area contributed by atoms with Crippen LogP contribution in [0.2, 0.25) is 0 Å². The third-order valence-corrected chi connectivity index (χ3v) is 2.07. The van der Waals surface area contributed by atoms with Crippen molar-refractivity contribution in [1.82, 2.24) is 5.43 Å². The molecule has 6 heteroatoms. The Labute approximate surface area is 94.3 Å². The molecule has 0 saturated heterocycles. The van der Waals surface area contributed by atoms with E-state index in [1.165, 1.54) is 12.3 Å². The van der Waals surface area contributed by atoms with Gasteiger partial charge in [0.2, 0.25) is 0 Å². The lowest BCUT2D eigenvalue weighted by molar-refractivity contribution is 0.621.